The number of hydrogen-bond donors (Lipinski definition) is 3. The number of rotatable bonds is 5. The summed E-state index contributed by atoms with van der Waals surface area (Å²) in [4.78, 5) is 0. The lowest BCUT2D eigenvalue weighted by Crippen LogP contribution is -2.30. The van der Waals surface area contributed by atoms with Crippen molar-refractivity contribution in [1.29, 1.82) is 0 Å². The van der Waals surface area contributed by atoms with Gasteiger partial charge in [-0.2, -0.15) is 5.10 Å². The molecule has 3 rings (SSSR count). The lowest BCUT2D eigenvalue weighted by molar-refractivity contribution is 0.0737. The number of halogens is 1. The maximum Gasteiger partial charge on any atom is 0.116 e. The van der Waals surface area contributed by atoms with E-state index in [1.165, 1.54) is 0 Å². The van der Waals surface area contributed by atoms with Crippen molar-refractivity contribution < 1.29 is 5.11 Å². The van der Waals surface area contributed by atoms with Crippen LogP contribution < -0.4 is 5.73 Å². The van der Waals surface area contributed by atoms with Crippen LogP contribution in [0.3, 0.4) is 0 Å². The van der Waals surface area contributed by atoms with Gasteiger partial charge in [-0.25, -0.2) is 0 Å². The monoisotopic (exact) mass is 327 g/mol. The van der Waals surface area contributed by atoms with Crippen molar-refractivity contribution in [2.24, 2.45) is 5.73 Å². The van der Waals surface area contributed by atoms with Gasteiger partial charge in [0, 0.05) is 16.8 Å². The number of hydrogen-bond acceptors (Lipinski definition) is 3. The zero-order valence-corrected chi connectivity index (χ0v) is 13.3. The highest BCUT2D eigenvalue weighted by Crippen LogP contribution is 2.34. The molecule has 0 aliphatic carbocycles. The molecule has 1 atom stereocenters. The Morgan fingerprint density at radius 1 is 1.09 bits per heavy atom. The van der Waals surface area contributed by atoms with Crippen LogP contribution in [-0.2, 0) is 5.60 Å². The van der Waals surface area contributed by atoms with Crippen molar-refractivity contribution in [3.05, 3.63) is 77.1 Å². The molecule has 4 nitrogen and oxygen atoms in total. The number of aromatic nitrogens is 2. The first-order valence-electron chi connectivity index (χ1n) is 7.41. The normalized spacial score (nSPS) is 13.7. The molecule has 2 aromatic carbocycles. The number of aliphatic hydroxyl groups is 1. The van der Waals surface area contributed by atoms with Crippen molar-refractivity contribution in [3.63, 3.8) is 0 Å². The molecule has 0 saturated carbocycles. The molecule has 3 aromatic rings. The van der Waals surface area contributed by atoms with Crippen molar-refractivity contribution in [1.82, 2.24) is 10.2 Å². The van der Waals surface area contributed by atoms with Crippen LogP contribution >= 0.6 is 11.6 Å². The summed E-state index contributed by atoms with van der Waals surface area (Å²) in [5.41, 5.74) is 8.14. The Hall–Kier alpha value is -2.14. The topological polar surface area (TPSA) is 74.9 Å². The van der Waals surface area contributed by atoms with Crippen LogP contribution in [0.1, 0.15) is 17.5 Å². The lowest BCUT2D eigenvalue weighted by Gasteiger charge is -2.29. The molecular formula is C18H18ClN3O. The van der Waals surface area contributed by atoms with Gasteiger partial charge in [0.1, 0.15) is 5.60 Å². The van der Waals surface area contributed by atoms with Crippen molar-refractivity contribution in [2.75, 3.05) is 6.54 Å². The molecule has 1 heterocycles. The van der Waals surface area contributed by atoms with Gasteiger partial charge in [0.2, 0.25) is 0 Å². The molecule has 5 heteroatoms. The largest absolute Gasteiger partial charge is 0.380 e. The summed E-state index contributed by atoms with van der Waals surface area (Å²) in [6.45, 7) is 0.368. The van der Waals surface area contributed by atoms with E-state index in [4.69, 9.17) is 17.3 Å². The minimum atomic E-state index is -1.16. The number of benzene rings is 2. The molecule has 4 N–H and O–H groups in total. The average Bonchev–Trinajstić information content (AvgIpc) is 3.10. The third-order valence-electron chi connectivity index (χ3n) is 4.00. The van der Waals surface area contributed by atoms with Gasteiger partial charge in [-0.15, -0.1) is 0 Å². The Balaban J connectivity index is 2.01. The van der Waals surface area contributed by atoms with E-state index in [9.17, 15) is 5.11 Å². The second kappa shape index (κ2) is 6.54. The van der Waals surface area contributed by atoms with Gasteiger partial charge in [0.05, 0.1) is 6.20 Å². The first-order chi connectivity index (χ1) is 11.1. The number of H-pyrrole nitrogens is 1. The molecule has 0 aliphatic rings. The average molecular weight is 328 g/mol. The summed E-state index contributed by atoms with van der Waals surface area (Å²) in [5.74, 6) is 0. The van der Waals surface area contributed by atoms with Crippen LogP contribution in [-0.4, -0.2) is 21.8 Å². The number of aromatic amines is 1. The lowest BCUT2D eigenvalue weighted by atomic mass is 9.83. The van der Waals surface area contributed by atoms with Crippen molar-refractivity contribution in [2.45, 2.75) is 12.0 Å². The predicted molar refractivity (Wildman–Crippen MR) is 92.1 cm³/mol. The van der Waals surface area contributed by atoms with Gasteiger partial charge in [-0.1, -0.05) is 48.0 Å². The van der Waals surface area contributed by atoms with E-state index in [2.05, 4.69) is 10.2 Å². The van der Waals surface area contributed by atoms with Gasteiger partial charge in [0.15, 0.2) is 0 Å². The summed E-state index contributed by atoms with van der Waals surface area (Å²) in [5, 5.41) is 18.6. The first kappa shape index (κ1) is 15.7. The minimum Gasteiger partial charge on any atom is -0.380 e. The Labute approximate surface area is 139 Å². The third kappa shape index (κ3) is 3.15. The van der Waals surface area contributed by atoms with Gasteiger partial charge in [-0.3, -0.25) is 5.10 Å². The molecule has 0 aliphatic heterocycles. The zero-order valence-electron chi connectivity index (χ0n) is 12.5. The van der Waals surface area contributed by atoms with Crippen LogP contribution in [0.2, 0.25) is 5.02 Å². The Morgan fingerprint density at radius 2 is 1.87 bits per heavy atom. The standard InChI is InChI=1S/C18H18ClN3O/c19-17-3-1-2-16(10-17)18(23,8-9-20)15-6-4-13(5-7-15)14-11-21-22-12-14/h1-7,10-12,23H,8-9,20H2,(H,21,22). The van der Waals surface area contributed by atoms with Crippen LogP contribution in [0, 0.1) is 0 Å². The molecule has 0 bridgehead atoms. The molecule has 0 fully saturated rings. The van der Waals surface area contributed by atoms with Crippen molar-refractivity contribution in [3.8, 4) is 11.1 Å². The van der Waals surface area contributed by atoms with E-state index in [0.29, 0.717) is 18.0 Å². The van der Waals surface area contributed by atoms with E-state index < -0.39 is 5.60 Å². The Morgan fingerprint density at radius 3 is 2.48 bits per heavy atom. The highest BCUT2D eigenvalue weighted by molar-refractivity contribution is 6.30. The SMILES string of the molecule is NCCC(O)(c1ccc(-c2cn[nH]c2)cc1)c1cccc(Cl)c1. The van der Waals surface area contributed by atoms with Crippen LogP contribution in [0.25, 0.3) is 11.1 Å². The number of nitrogens with zero attached hydrogens (tertiary/aromatic N) is 1. The van der Waals surface area contributed by atoms with E-state index >= 15 is 0 Å². The molecule has 23 heavy (non-hydrogen) atoms. The molecular weight excluding hydrogens is 310 g/mol. The van der Waals surface area contributed by atoms with Crippen LogP contribution in [0.15, 0.2) is 60.9 Å². The molecule has 0 radical (unpaired) electrons. The quantitative estimate of drug-likeness (QED) is 0.673. The Kier molecular flexibility index (Phi) is 4.48. The molecule has 118 valence electrons. The van der Waals surface area contributed by atoms with Gasteiger partial charge in [-0.05, 0) is 41.8 Å². The number of nitrogens with one attached hydrogen (secondary N) is 1. The van der Waals surface area contributed by atoms with E-state index in [1.807, 2.05) is 42.6 Å². The van der Waals surface area contributed by atoms with E-state index in [0.717, 1.165) is 22.3 Å². The Bertz CT molecular complexity index is 771. The second-order valence-electron chi connectivity index (χ2n) is 5.47. The van der Waals surface area contributed by atoms with E-state index in [1.54, 1.807) is 18.3 Å². The fraction of sp³-hybridized carbons (Fsp3) is 0.167. The maximum atomic E-state index is 11.2. The molecule has 1 unspecified atom stereocenters. The van der Waals surface area contributed by atoms with Gasteiger partial charge >= 0.3 is 0 Å². The van der Waals surface area contributed by atoms with Gasteiger partial charge in [0.25, 0.3) is 0 Å². The van der Waals surface area contributed by atoms with Crippen LogP contribution in [0.4, 0.5) is 0 Å². The zero-order chi connectivity index (χ0) is 16.3. The van der Waals surface area contributed by atoms with Crippen molar-refractivity contribution >= 4 is 11.6 Å². The fourth-order valence-electron chi connectivity index (χ4n) is 2.76. The summed E-state index contributed by atoms with van der Waals surface area (Å²) in [6.07, 6.45) is 4.01. The third-order valence-corrected chi connectivity index (χ3v) is 4.24. The van der Waals surface area contributed by atoms with Crippen LogP contribution in [0.5, 0.6) is 0 Å². The fourth-order valence-corrected chi connectivity index (χ4v) is 2.95. The molecule has 0 saturated heterocycles. The number of nitrogens with two attached hydrogens (primary N) is 1. The second-order valence-corrected chi connectivity index (χ2v) is 5.91. The molecule has 1 aromatic heterocycles. The smallest absolute Gasteiger partial charge is 0.116 e. The van der Waals surface area contributed by atoms with Gasteiger partial charge < -0.3 is 10.8 Å². The highest BCUT2D eigenvalue weighted by atomic mass is 35.5. The summed E-state index contributed by atoms with van der Waals surface area (Å²) in [6, 6.07) is 15.0. The maximum absolute atomic E-state index is 11.2. The summed E-state index contributed by atoms with van der Waals surface area (Å²) in [7, 11) is 0. The molecule has 0 spiro atoms. The summed E-state index contributed by atoms with van der Waals surface area (Å²) < 4.78 is 0. The highest BCUT2D eigenvalue weighted by Gasteiger charge is 2.30. The minimum absolute atomic E-state index is 0.368. The molecule has 0 amide bonds. The predicted octanol–water partition coefficient (Wildman–Crippen LogP) is 3.31. The van der Waals surface area contributed by atoms with E-state index in [-0.39, 0.29) is 0 Å². The summed E-state index contributed by atoms with van der Waals surface area (Å²) >= 11 is 6.08. The first-order valence-corrected chi connectivity index (χ1v) is 7.79.